The number of benzene rings is 1. The molecule has 2 amide bonds. The van der Waals surface area contributed by atoms with Crippen molar-refractivity contribution in [3.05, 3.63) is 52.2 Å². The lowest BCUT2D eigenvalue weighted by molar-refractivity contribution is -0.144. The molecule has 0 bridgehead atoms. The Kier molecular flexibility index (Phi) is 8.13. The number of fused-ring (bicyclic) bond motifs is 1. The molecule has 0 radical (unpaired) electrons. The second-order valence-corrected chi connectivity index (χ2v) is 9.65. The lowest BCUT2D eigenvalue weighted by Gasteiger charge is -2.38. The summed E-state index contributed by atoms with van der Waals surface area (Å²) in [5, 5.41) is 2.09. The maximum atomic E-state index is 13.5. The van der Waals surface area contributed by atoms with E-state index in [1.54, 1.807) is 16.2 Å². The number of hydrogen-bond donors (Lipinski definition) is 0. The van der Waals surface area contributed by atoms with Gasteiger partial charge in [0.15, 0.2) is 0 Å². The number of carbonyl (C=O) groups excluding carboxylic acids is 2. The van der Waals surface area contributed by atoms with Crippen LogP contribution in [0, 0.1) is 5.92 Å². The second-order valence-electron chi connectivity index (χ2n) is 8.65. The van der Waals surface area contributed by atoms with Crippen LogP contribution in [0.1, 0.15) is 57.0 Å². The highest BCUT2D eigenvalue weighted by atomic mass is 32.1. The minimum absolute atomic E-state index is 0.00378. The molecule has 0 unspecified atom stereocenters. The molecule has 5 nitrogen and oxygen atoms in total. The predicted octanol–water partition coefficient (Wildman–Crippen LogP) is 4.93. The van der Waals surface area contributed by atoms with Gasteiger partial charge in [-0.2, -0.15) is 0 Å². The molecule has 0 N–H and O–H groups in total. The lowest BCUT2D eigenvalue weighted by atomic mass is 10.00. The fourth-order valence-corrected chi connectivity index (χ4v) is 4.91. The highest BCUT2D eigenvalue weighted by Crippen LogP contribution is 2.34. The van der Waals surface area contributed by atoms with Crippen LogP contribution in [0.4, 0.5) is 0 Å². The average molecular weight is 443 g/mol. The van der Waals surface area contributed by atoms with E-state index in [9.17, 15) is 9.59 Å². The fourth-order valence-electron chi connectivity index (χ4n) is 3.98. The van der Waals surface area contributed by atoms with Crippen molar-refractivity contribution in [3.8, 4) is 5.75 Å². The maximum absolute atomic E-state index is 13.5. The Hall–Kier alpha value is -2.34. The molecular weight excluding hydrogens is 408 g/mol. The number of ether oxygens (including phenoxy) is 1. The Bertz CT molecular complexity index is 865. The largest absolute Gasteiger partial charge is 0.491 e. The molecule has 168 valence electrons. The quantitative estimate of drug-likeness (QED) is 0.553. The molecule has 1 aliphatic rings. The van der Waals surface area contributed by atoms with Gasteiger partial charge in [-0.3, -0.25) is 9.59 Å². The van der Waals surface area contributed by atoms with Gasteiger partial charge in [0, 0.05) is 23.9 Å². The summed E-state index contributed by atoms with van der Waals surface area (Å²) >= 11 is 1.74. The van der Waals surface area contributed by atoms with Gasteiger partial charge >= 0.3 is 0 Å². The molecule has 6 heteroatoms. The van der Waals surface area contributed by atoms with Crippen LogP contribution in [0.2, 0.25) is 0 Å². The minimum Gasteiger partial charge on any atom is -0.491 e. The number of nitrogens with zero attached hydrogens (tertiary/aromatic N) is 2. The maximum Gasteiger partial charge on any atom is 0.242 e. The predicted molar refractivity (Wildman–Crippen MR) is 125 cm³/mol. The third-order valence-corrected chi connectivity index (χ3v) is 6.89. The van der Waals surface area contributed by atoms with Crippen LogP contribution in [0.5, 0.6) is 5.75 Å². The number of para-hydroxylation sites is 1. The van der Waals surface area contributed by atoms with Crippen LogP contribution in [0.3, 0.4) is 0 Å². The van der Waals surface area contributed by atoms with Crippen LogP contribution in [-0.2, 0) is 16.0 Å². The molecule has 1 aliphatic heterocycles. The standard InChI is InChI=1S/C25H34N2O3S/c1-5-19(4)27(24(28)15-18(2)3)16-25(29)26-13-11-23-21(12-14-31-23)22(26)17-30-20-9-7-6-8-10-20/h6-10,12,14,18-19,22H,5,11,13,15-17H2,1-4H3/t19-,22-/m1/s1. The molecule has 31 heavy (non-hydrogen) atoms. The highest BCUT2D eigenvalue weighted by Gasteiger charge is 2.34. The van der Waals surface area contributed by atoms with E-state index in [0.717, 1.165) is 18.6 Å². The fraction of sp³-hybridized carbons (Fsp3) is 0.520. The molecule has 0 saturated heterocycles. The zero-order valence-electron chi connectivity index (χ0n) is 19.0. The first kappa shape index (κ1) is 23.3. The summed E-state index contributed by atoms with van der Waals surface area (Å²) in [4.78, 5) is 31.3. The van der Waals surface area contributed by atoms with Gasteiger partial charge in [-0.25, -0.2) is 0 Å². The highest BCUT2D eigenvalue weighted by molar-refractivity contribution is 7.10. The van der Waals surface area contributed by atoms with Gasteiger partial charge in [0.1, 0.15) is 18.9 Å². The van der Waals surface area contributed by atoms with Crippen molar-refractivity contribution < 1.29 is 14.3 Å². The topological polar surface area (TPSA) is 49.9 Å². The van der Waals surface area contributed by atoms with E-state index in [4.69, 9.17) is 4.74 Å². The molecule has 1 aromatic carbocycles. The molecule has 2 heterocycles. The SMILES string of the molecule is CC[C@@H](C)N(CC(=O)N1CCc2sccc2[C@H]1COc1ccccc1)C(=O)CC(C)C. The Balaban J connectivity index is 1.77. The van der Waals surface area contributed by atoms with Crippen molar-refractivity contribution in [2.45, 2.75) is 59.0 Å². The van der Waals surface area contributed by atoms with Crippen LogP contribution in [0.25, 0.3) is 0 Å². The van der Waals surface area contributed by atoms with Crippen LogP contribution >= 0.6 is 11.3 Å². The van der Waals surface area contributed by atoms with Crippen molar-refractivity contribution in [1.29, 1.82) is 0 Å². The van der Waals surface area contributed by atoms with Gasteiger partial charge in [-0.1, -0.05) is 39.0 Å². The van der Waals surface area contributed by atoms with Gasteiger partial charge in [0.2, 0.25) is 11.8 Å². The molecule has 0 saturated carbocycles. The number of rotatable bonds is 9. The zero-order valence-corrected chi connectivity index (χ0v) is 19.9. The number of amides is 2. The smallest absolute Gasteiger partial charge is 0.242 e. The van der Waals surface area contributed by atoms with Crippen molar-refractivity contribution in [3.63, 3.8) is 0 Å². The molecule has 0 fully saturated rings. The zero-order chi connectivity index (χ0) is 22.4. The number of carbonyl (C=O) groups is 2. The monoisotopic (exact) mass is 442 g/mol. The van der Waals surface area contributed by atoms with Gasteiger partial charge < -0.3 is 14.5 Å². The molecule has 0 spiro atoms. The Morgan fingerprint density at radius 1 is 1.19 bits per heavy atom. The van der Waals surface area contributed by atoms with E-state index in [0.29, 0.717) is 19.6 Å². The molecule has 0 aliphatic carbocycles. The van der Waals surface area contributed by atoms with Gasteiger partial charge in [0.25, 0.3) is 0 Å². The van der Waals surface area contributed by atoms with Crippen LogP contribution in [-0.4, -0.2) is 47.4 Å². The van der Waals surface area contributed by atoms with Crippen molar-refractivity contribution >= 4 is 23.2 Å². The molecule has 2 aromatic rings. The number of thiophene rings is 1. The summed E-state index contributed by atoms with van der Waals surface area (Å²) in [6.45, 7) is 9.34. The summed E-state index contributed by atoms with van der Waals surface area (Å²) < 4.78 is 6.06. The normalized spacial score (nSPS) is 16.7. The average Bonchev–Trinajstić information content (AvgIpc) is 3.24. The lowest BCUT2D eigenvalue weighted by Crippen LogP contribution is -2.50. The number of hydrogen-bond acceptors (Lipinski definition) is 4. The first-order valence-corrected chi connectivity index (χ1v) is 12.1. The first-order valence-electron chi connectivity index (χ1n) is 11.2. The molecule has 2 atom stereocenters. The van der Waals surface area contributed by atoms with Crippen LogP contribution in [0.15, 0.2) is 41.8 Å². The van der Waals surface area contributed by atoms with E-state index >= 15 is 0 Å². The molecule has 1 aromatic heterocycles. The summed E-state index contributed by atoms with van der Waals surface area (Å²) in [6, 6.07) is 11.7. The Labute approximate surface area is 190 Å². The third-order valence-electron chi connectivity index (χ3n) is 5.90. The van der Waals surface area contributed by atoms with Gasteiger partial charge in [-0.15, -0.1) is 11.3 Å². The van der Waals surface area contributed by atoms with E-state index in [1.807, 2.05) is 56.0 Å². The Morgan fingerprint density at radius 2 is 1.94 bits per heavy atom. The second kappa shape index (κ2) is 10.8. The third kappa shape index (κ3) is 5.88. The first-order chi connectivity index (χ1) is 14.9. The Morgan fingerprint density at radius 3 is 2.61 bits per heavy atom. The van der Waals surface area contributed by atoms with E-state index < -0.39 is 0 Å². The van der Waals surface area contributed by atoms with Crippen molar-refractivity contribution in [1.82, 2.24) is 9.80 Å². The van der Waals surface area contributed by atoms with Crippen molar-refractivity contribution in [2.75, 3.05) is 19.7 Å². The molecule has 3 rings (SSSR count). The van der Waals surface area contributed by atoms with Crippen molar-refractivity contribution in [2.24, 2.45) is 5.92 Å². The summed E-state index contributed by atoms with van der Waals surface area (Å²) in [7, 11) is 0. The van der Waals surface area contributed by atoms with E-state index in [1.165, 1.54) is 10.4 Å². The van der Waals surface area contributed by atoms with Gasteiger partial charge in [-0.05, 0) is 54.8 Å². The molecular formula is C25H34N2O3S. The van der Waals surface area contributed by atoms with Crippen LogP contribution < -0.4 is 4.74 Å². The van der Waals surface area contributed by atoms with Gasteiger partial charge in [0.05, 0.1) is 6.04 Å². The summed E-state index contributed by atoms with van der Waals surface area (Å²) in [5.41, 5.74) is 1.17. The summed E-state index contributed by atoms with van der Waals surface area (Å²) in [6.07, 6.45) is 2.14. The minimum atomic E-state index is -0.137. The van der Waals surface area contributed by atoms with E-state index in [-0.39, 0.29) is 36.4 Å². The summed E-state index contributed by atoms with van der Waals surface area (Å²) in [5.74, 6) is 1.12. The van der Waals surface area contributed by atoms with E-state index in [2.05, 4.69) is 18.4 Å².